The number of anilines is 2. The molecule has 1 saturated heterocycles. The first-order chi connectivity index (χ1) is 16.4. The lowest BCUT2D eigenvalue weighted by Crippen LogP contribution is -2.55. The summed E-state index contributed by atoms with van der Waals surface area (Å²) in [5, 5.41) is 16.3. The molecule has 8 heteroatoms. The van der Waals surface area contributed by atoms with Crippen molar-refractivity contribution in [3.05, 3.63) is 53.7 Å². The zero-order valence-electron chi connectivity index (χ0n) is 19.1. The van der Waals surface area contributed by atoms with E-state index < -0.39 is 11.7 Å². The van der Waals surface area contributed by atoms with Gasteiger partial charge in [0.2, 0.25) is 0 Å². The van der Waals surface area contributed by atoms with Gasteiger partial charge in [-0.05, 0) is 62.1 Å². The van der Waals surface area contributed by atoms with Crippen LogP contribution in [0.15, 0.2) is 42.6 Å². The van der Waals surface area contributed by atoms with Crippen molar-refractivity contribution in [2.75, 3.05) is 29.9 Å². The zero-order valence-corrected chi connectivity index (χ0v) is 19.1. The highest BCUT2D eigenvalue weighted by Gasteiger charge is 2.31. The monoisotopic (exact) mass is 472 g/mol. The van der Waals surface area contributed by atoms with Crippen LogP contribution in [0.2, 0.25) is 0 Å². The fourth-order valence-electron chi connectivity index (χ4n) is 4.93. The van der Waals surface area contributed by atoms with E-state index in [1.54, 1.807) is 18.3 Å². The number of aliphatic hydroxyl groups excluding tert-OH is 1. The van der Waals surface area contributed by atoms with E-state index in [-0.39, 0.29) is 18.7 Å². The lowest BCUT2D eigenvalue weighted by molar-refractivity contribution is -0.137. The lowest BCUT2D eigenvalue weighted by atomic mass is 9.89. The van der Waals surface area contributed by atoms with Crippen molar-refractivity contribution in [3.8, 4) is 11.8 Å². The van der Waals surface area contributed by atoms with Crippen LogP contribution in [0.5, 0.6) is 0 Å². The van der Waals surface area contributed by atoms with Crippen LogP contribution in [0.25, 0.3) is 0 Å². The van der Waals surface area contributed by atoms with Gasteiger partial charge in [-0.3, -0.25) is 0 Å². The predicted octanol–water partition coefficient (Wildman–Crippen LogP) is 4.43. The second-order valence-electron chi connectivity index (χ2n) is 9.03. The third kappa shape index (κ3) is 6.43. The molecule has 0 unspecified atom stereocenters. The van der Waals surface area contributed by atoms with Crippen molar-refractivity contribution in [3.63, 3.8) is 0 Å². The van der Waals surface area contributed by atoms with E-state index in [1.165, 1.54) is 18.6 Å². The van der Waals surface area contributed by atoms with Crippen molar-refractivity contribution >= 4 is 11.5 Å². The van der Waals surface area contributed by atoms with E-state index in [2.05, 4.69) is 32.4 Å². The molecule has 3 N–H and O–H groups in total. The van der Waals surface area contributed by atoms with Crippen molar-refractivity contribution in [1.29, 1.82) is 0 Å². The quantitative estimate of drug-likeness (QED) is 0.563. The highest BCUT2D eigenvalue weighted by atomic mass is 19.4. The number of nitrogens with one attached hydrogen (secondary N) is 2. The number of nitrogens with zero attached hydrogens (tertiary/aromatic N) is 2. The standard InChI is InChI=1S/C26H31F3N4O/c27-26(28,29)20-9-11-22(12-10-20)33-15-3-6-21(18-33)31-23-7-1-2-8-24(23)32-25-17-19(5-4-16-34)13-14-30-25/h9-14,17,21,23-24,31,34H,1-3,6-8,15-16,18H2,(H,30,32)/t21-,23+,24+/m0/s1. The Morgan fingerprint density at radius 2 is 1.79 bits per heavy atom. The SMILES string of the molecule is OCC#Cc1ccnc(N[C@@H]2CCCC[C@H]2N[C@H]2CCCN(c3ccc(C(F)(F)F)cc3)C2)c1. The van der Waals surface area contributed by atoms with Crippen LogP contribution in [0.1, 0.15) is 49.7 Å². The van der Waals surface area contributed by atoms with Crippen molar-refractivity contribution < 1.29 is 18.3 Å². The van der Waals surface area contributed by atoms with Gasteiger partial charge in [-0.2, -0.15) is 13.2 Å². The number of alkyl halides is 3. The minimum Gasteiger partial charge on any atom is -0.384 e. The van der Waals surface area contributed by atoms with Gasteiger partial charge in [-0.1, -0.05) is 24.7 Å². The van der Waals surface area contributed by atoms with Crippen molar-refractivity contribution in [1.82, 2.24) is 10.3 Å². The minimum absolute atomic E-state index is 0.176. The topological polar surface area (TPSA) is 60.4 Å². The number of halogens is 3. The summed E-state index contributed by atoms with van der Waals surface area (Å²) in [4.78, 5) is 6.62. The van der Waals surface area contributed by atoms with Crippen LogP contribution < -0.4 is 15.5 Å². The Kier molecular flexibility index (Phi) is 7.96. The largest absolute Gasteiger partial charge is 0.416 e. The van der Waals surface area contributed by atoms with Crippen LogP contribution in [-0.4, -0.2) is 47.9 Å². The lowest BCUT2D eigenvalue weighted by Gasteiger charge is -2.40. The maximum absolute atomic E-state index is 12.9. The molecule has 2 aromatic rings. The van der Waals surface area contributed by atoms with Crippen LogP contribution >= 0.6 is 0 Å². The Bertz CT molecular complexity index is 1000. The Morgan fingerprint density at radius 3 is 2.53 bits per heavy atom. The van der Waals surface area contributed by atoms with E-state index in [0.29, 0.717) is 6.04 Å². The molecular weight excluding hydrogens is 441 g/mol. The van der Waals surface area contributed by atoms with E-state index in [9.17, 15) is 13.2 Å². The Morgan fingerprint density at radius 1 is 1.03 bits per heavy atom. The first-order valence-corrected chi connectivity index (χ1v) is 11.9. The molecule has 0 radical (unpaired) electrons. The summed E-state index contributed by atoms with van der Waals surface area (Å²) >= 11 is 0. The second-order valence-corrected chi connectivity index (χ2v) is 9.03. The van der Waals surface area contributed by atoms with Crippen LogP contribution in [0.4, 0.5) is 24.7 Å². The van der Waals surface area contributed by atoms with E-state index in [1.807, 2.05) is 12.1 Å². The maximum Gasteiger partial charge on any atom is 0.416 e. The number of hydrogen-bond acceptors (Lipinski definition) is 5. The van der Waals surface area contributed by atoms with Crippen LogP contribution in [0, 0.1) is 11.8 Å². The third-order valence-corrected chi connectivity index (χ3v) is 6.60. The van der Waals surface area contributed by atoms with Crippen LogP contribution in [0.3, 0.4) is 0 Å². The molecule has 1 saturated carbocycles. The average Bonchev–Trinajstić information content (AvgIpc) is 2.84. The van der Waals surface area contributed by atoms with Crippen molar-refractivity contribution in [2.24, 2.45) is 0 Å². The van der Waals surface area contributed by atoms with Gasteiger partial charge < -0.3 is 20.6 Å². The predicted molar refractivity (Wildman–Crippen MR) is 128 cm³/mol. The molecule has 34 heavy (non-hydrogen) atoms. The summed E-state index contributed by atoms with van der Waals surface area (Å²) in [6.07, 6.45) is 3.88. The van der Waals surface area contributed by atoms with E-state index >= 15 is 0 Å². The second kappa shape index (κ2) is 11.1. The number of aromatic nitrogens is 1. The fourth-order valence-corrected chi connectivity index (χ4v) is 4.93. The first kappa shape index (κ1) is 24.4. The molecule has 1 aromatic carbocycles. The number of aliphatic hydroxyl groups is 1. The molecule has 5 nitrogen and oxygen atoms in total. The molecule has 0 bridgehead atoms. The van der Waals surface area contributed by atoms with Gasteiger partial charge >= 0.3 is 6.18 Å². The molecule has 3 atom stereocenters. The summed E-state index contributed by atoms with van der Waals surface area (Å²) in [5.74, 6) is 6.36. The number of pyridine rings is 1. The fraction of sp³-hybridized carbons (Fsp3) is 0.500. The summed E-state index contributed by atoms with van der Waals surface area (Å²) in [6, 6.07) is 10.0. The van der Waals surface area contributed by atoms with Crippen molar-refractivity contribution in [2.45, 2.75) is 62.8 Å². The summed E-state index contributed by atoms with van der Waals surface area (Å²) in [5.41, 5.74) is 1.04. The molecule has 1 aromatic heterocycles. The normalized spacial score (nSPS) is 23.2. The maximum atomic E-state index is 12.9. The number of hydrogen-bond donors (Lipinski definition) is 3. The number of benzene rings is 1. The summed E-state index contributed by atoms with van der Waals surface area (Å²) < 4.78 is 38.7. The van der Waals surface area contributed by atoms with Gasteiger partial charge in [0, 0.05) is 48.7 Å². The molecule has 4 rings (SSSR count). The Labute approximate surface area is 198 Å². The third-order valence-electron chi connectivity index (χ3n) is 6.60. The molecule has 1 aliphatic heterocycles. The molecule has 2 aliphatic rings. The zero-order chi connectivity index (χ0) is 24.0. The van der Waals surface area contributed by atoms with Gasteiger partial charge in [0.1, 0.15) is 12.4 Å². The molecular formula is C26H31F3N4O. The minimum atomic E-state index is -4.31. The summed E-state index contributed by atoms with van der Waals surface area (Å²) in [7, 11) is 0. The van der Waals surface area contributed by atoms with Gasteiger partial charge in [0.15, 0.2) is 0 Å². The average molecular weight is 473 g/mol. The molecule has 2 heterocycles. The molecule has 0 spiro atoms. The van der Waals surface area contributed by atoms with Gasteiger partial charge in [-0.25, -0.2) is 4.98 Å². The Balaban J connectivity index is 1.38. The van der Waals surface area contributed by atoms with Crippen LogP contribution in [-0.2, 0) is 6.18 Å². The number of rotatable bonds is 5. The number of piperidine rings is 1. The highest BCUT2D eigenvalue weighted by Crippen LogP contribution is 2.31. The van der Waals surface area contributed by atoms with Gasteiger partial charge in [-0.15, -0.1) is 0 Å². The Hall–Kier alpha value is -2.76. The molecule has 2 fully saturated rings. The smallest absolute Gasteiger partial charge is 0.384 e. The first-order valence-electron chi connectivity index (χ1n) is 11.9. The molecule has 0 amide bonds. The van der Waals surface area contributed by atoms with Gasteiger partial charge in [0.25, 0.3) is 0 Å². The van der Waals surface area contributed by atoms with E-state index in [4.69, 9.17) is 5.11 Å². The highest BCUT2D eigenvalue weighted by molar-refractivity contribution is 5.49. The molecule has 1 aliphatic carbocycles. The van der Waals surface area contributed by atoms with Gasteiger partial charge in [0.05, 0.1) is 5.56 Å². The summed E-state index contributed by atoms with van der Waals surface area (Å²) in [6.45, 7) is 1.45. The van der Waals surface area contributed by atoms with E-state index in [0.717, 1.165) is 62.3 Å². The molecule has 182 valence electrons.